The summed E-state index contributed by atoms with van der Waals surface area (Å²) in [6.45, 7) is 4.71. The highest BCUT2D eigenvalue weighted by atomic mass is 16.4. The van der Waals surface area contributed by atoms with Crippen LogP contribution in [0.2, 0.25) is 0 Å². The standard InChI is InChI=1S/C11H20N2O3/c1-7(2)6-9(11(15)16)13-10(14)8-4-3-5-12-8/h7-9,12H,3-6H2,1-2H3,(H,13,14)(H,15,16)/t8-,9+/m1/s1. The first-order valence-corrected chi connectivity index (χ1v) is 5.77. The topological polar surface area (TPSA) is 78.4 Å². The van der Waals surface area contributed by atoms with Crippen molar-refractivity contribution in [2.45, 2.75) is 45.2 Å². The molecule has 0 saturated carbocycles. The van der Waals surface area contributed by atoms with Gasteiger partial charge in [-0.05, 0) is 31.7 Å². The molecule has 1 rings (SSSR count). The van der Waals surface area contributed by atoms with Gasteiger partial charge in [0, 0.05) is 0 Å². The van der Waals surface area contributed by atoms with Gasteiger partial charge in [-0.25, -0.2) is 4.79 Å². The van der Waals surface area contributed by atoms with Crippen LogP contribution < -0.4 is 10.6 Å². The second kappa shape index (κ2) is 5.84. The van der Waals surface area contributed by atoms with Crippen LogP contribution >= 0.6 is 0 Å². The normalized spacial score (nSPS) is 22.1. The average molecular weight is 228 g/mol. The van der Waals surface area contributed by atoms with Gasteiger partial charge in [-0.15, -0.1) is 0 Å². The van der Waals surface area contributed by atoms with Crippen LogP contribution in [-0.4, -0.2) is 35.6 Å². The Morgan fingerprint density at radius 3 is 2.62 bits per heavy atom. The molecule has 1 aliphatic rings. The second-order valence-corrected chi connectivity index (χ2v) is 4.68. The fraction of sp³-hybridized carbons (Fsp3) is 0.818. The lowest BCUT2D eigenvalue weighted by Crippen LogP contribution is -2.48. The maximum absolute atomic E-state index is 11.7. The summed E-state index contributed by atoms with van der Waals surface area (Å²) in [5.41, 5.74) is 0. The highest BCUT2D eigenvalue weighted by molar-refractivity contribution is 5.87. The number of hydrogen-bond acceptors (Lipinski definition) is 3. The number of amides is 1. The zero-order valence-electron chi connectivity index (χ0n) is 9.82. The van der Waals surface area contributed by atoms with Crippen LogP contribution in [0.4, 0.5) is 0 Å². The van der Waals surface area contributed by atoms with E-state index in [2.05, 4.69) is 10.6 Å². The van der Waals surface area contributed by atoms with Gasteiger partial charge >= 0.3 is 5.97 Å². The lowest BCUT2D eigenvalue weighted by molar-refractivity contribution is -0.142. The fourth-order valence-corrected chi connectivity index (χ4v) is 1.87. The molecule has 0 bridgehead atoms. The molecule has 2 atom stereocenters. The number of carbonyl (C=O) groups excluding carboxylic acids is 1. The molecule has 0 unspecified atom stereocenters. The van der Waals surface area contributed by atoms with Gasteiger partial charge in [0.15, 0.2) is 0 Å². The number of carboxylic acids is 1. The van der Waals surface area contributed by atoms with Crippen LogP contribution in [-0.2, 0) is 9.59 Å². The zero-order chi connectivity index (χ0) is 12.1. The van der Waals surface area contributed by atoms with E-state index in [1.54, 1.807) is 0 Å². The van der Waals surface area contributed by atoms with Crippen molar-refractivity contribution in [3.8, 4) is 0 Å². The van der Waals surface area contributed by atoms with Crippen molar-refractivity contribution in [3.63, 3.8) is 0 Å². The van der Waals surface area contributed by atoms with Crippen molar-refractivity contribution in [3.05, 3.63) is 0 Å². The average Bonchev–Trinajstić information content (AvgIpc) is 2.68. The van der Waals surface area contributed by atoms with Crippen molar-refractivity contribution < 1.29 is 14.7 Å². The fourth-order valence-electron chi connectivity index (χ4n) is 1.87. The van der Waals surface area contributed by atoms with Crippen LogP contribution in [0.25, 0.3) is 0 Å². The second-order valence-electron chi connectivity index (χ2n) is 4.68. The van der Waals surface area contributed by atoms with Gasteiger partial charge < -0.3 is 15.7 Å². The molecule has 0 aromatic rings. The minimum atomic E-state index is -0.958. The Morgan fingerprint density at radius 1 is 1.50 bits per heavy atom. The molecule has 5 heteroatoms. The van der Waals surface area contributed by atoms with E-state index in [1.807, 2.05) is 13.8 Å². The lowest BCUT2D eigenvalue weighted by atomic mass is 10.0. The number of rotatable bonds is 5. The summed E-state index contributed by atoms with van der Waals surface area (Å²) in [7, 11) is 0. The van der Waals surface area contributed by atoms with Crippen molar-refractivity contribution in [2.75, 3.05) is 6.54 Å². The molecule has 0 aromatic heterocycles. The van der Waals surface area contributed by atoms with Crippen LogP contribution in [0.5, 0.6) is 0 Å². The van der Waals surface area contributed by atoms with Crippen molar-refractivity contribution in [1.29, 1.82) is 0 Å². The molecule has 16 heavy (non-hydrogen) atoms. The third-order valence-electron chi connectivity index (χ3n) is 2.70. The number of hydrogen-bond donors (Lipinski definition) is 3. The van der Waals surface area contributed by atoms with E-state index >= 15 is 0 Å². The van der Waals surface area contributed by atoms with E-state index in [0.29, 0.717) is 6.42 Å². The van der Waals surface area contributed by atoms with Gasteiger partial charge in [0.2, 0.25) is 5.91 Å². The van der Waals surface area contributed by atoms with E-state index in [-0.39, 0.29) is 17.9 Å². The third kappa shape index (κ3) is 3.81. The number of nitrogens with one attached hydrogen (secondary N) is 2. The van der Waals surface area contributed by atoms with Crippen LogP contribution in [0, 0.1) is 5.92 Å². The molecule has 0 radical (unpaired) electrons. The van der Waals surface area contributed by atoms with E-state index in [1.165, 1.54) is 0 Å². The van der Waals surface area contributed by atoms with Gasteiger partial charge in [0.25, 0.3) is 0 Å². The van der Waals surface area contributed by atoms with E-state index < -0.39 is 12.0 Å². The molecule has 92 valence electrons. The molecule has 3 N–H and O–H groups in total. The maximum atomic E-state index is 11.7. The van der Waals surface area contributed by atoms with Gasteiger partial charge in [0.1, 0.15) is 6.04 Å². The maximum Gasteiger partial charge on any atom is 0.326 e. The number of carboxylic acid groups (broad SMARTS) is 1. The van der Waals surface area contributed by atoms with E-state index in [0.717, 1.165) is 19.4 Å². The molecule has 1 amide bonds. The summed E-state index contributed by atoms with van der Waals surface area (Å²) in [5, 5.41) is 14.6. The van der Waals surface area contributed by atoms with Crippen LogP contribution in [0.3, 0.4) is 0 Å². The number of carbonyl (C=O) groups is 2. The SMILES string of the molecule is CC(C)C[C@H](NC(=O)[C@H]1CCCN1)C(=O)O. The Labute approximate surface area is 95.6 Å². The van der Waals surface area contributed by atoms with Gasteiger partial charge in [-0.2, -0.15) is 0 Å². The van der Waals surface area contributed by atoms with Crippen molar-refractivity contribution >= 4 is 11.9 Å². The third-order valence-corrected chi connectivity index (χ3v) is 2.70. The van der Waals surface area contributed by atoms with Gasteiger partial charge in [-0.1, -0.05) is 13.8 Å². The van der Waals surface area contributed by atoms with Gasteiger partial charge in [-0.3, -0.25) is 4.79 Å². The Bertz CT molecular complexity index is 260. The van der Waals surface area contributed by atoms with Gasteiger partial charge in [0.05, 0.1) is 6.04 Å². The lowest BCUT2D eigenvalue weighted by Gasteiger charge is -2.18. The van der Waals surface area contributed by atoms with E-state index in [9.17, 15) is 9.59 Å². The molecule has 0 aliphatic carbocycles. The summed E-state index contributed by atoms with van der Waals surface area (Å²) in [4.78, 5) is 22.7. The summed E-state index contributed by atoms with van der Waals surface area (Å²) in [6.07, 6.45) is 2.23. The zero-order valence-corrected chi connectivity index (χ0v) is 9.82. The molecular weight excluding hydrogens is 208 g/mol. The molecule has 5 nitrogen and oxygen atoms in total. The molecule has 1 saturated heterocycles. The largest absolute Gasteiger partial charge is 0.480 e. The highest BCUT2D eigenvalue weighted by Crippen LogP contribution is 2.08. The molecule has 1 heterocycles. The molecule has 0 aromatic carbocycles. The monoisotopic (exact) mass is 228 g/mol. The molecule has 0 spiro atoms. The van der Waals surface area contributed by atoms with Crippen molar-refractivity contribution in [2.24, 2.45) is 5.92 Å². The van der Waals surface area contributed by atoms with Crippen molar-refractivity contribution in [1.82, 2.24) is 10.6 Å². The Balaban J connectivity index is 2.47. The summed E-state index contributed by atoms with van der Waals surface area (Å²) in [6, 6.07) is -0.982. The van der Waals surface area contributed by atoms with E-state index in [4.69, 9.17) is 5.11 Å². The van der Waals surface area contributed by atoms with Crippen LogP contribution in [0.1, 0.15) is 33.1 Å². The molecular formula is C11H20N2O3. The Hall–Kier alpha value is -1.10. The van der Waals surface area contributed by atoms with Crippen LogP contribution in [0.15, 0.2) is 0 Å². The summed E-state index contributed by atoms with van der Waals surface area (Å²) in [5.74, 6) is -0.900. The molecule has 1 fully saturated rings. The summed E-state index contributed by atoms with van der Waals surface area (Å²) < 4.78 is 0. The Morgan fingerprint density at radius 2 is 2.19 bits per heavy atom. The predicted octanol–water partition coefficient (Wildman–Crippen LogP) is 0.354. The first kappa shape index (κ1) is 13.0. The Kier molecular flexibility index (Phi) is 4.73. The first-order chi connectivity index (χ1) is 7.50. The smallest absolute Gasteiger partial charge is 0.326 e. The summed E-state index contributed by atoms with van der Waals surface area (Å²) >= 11 is 0. The predicted molar refractivity (Wildman–Crippen MR) is 60.0 cm³/mol. The molecule has 1 aliphatic heterocycles. The number of aliphatic carboxylic acids is 1. The quantitative estimate of drug-likeness (QED) is 0.634. The minimum Gasteiger partial charge on any atom is -0.480 e. The first-order valence-electron chi connectivity index (χ1n) is 5.77. The highest BCUT2D eigenvalue weighted by Gasteiger charge is 2.27. The minimum absolute atomic E-state index is 0.189.